The highest BCUT2D eigenvalue weighted by Crippen LogP contribution is 2.34. The number of nitro benzene ring substituents is 1. The molecule has 1 amide bonds. The topological polar surface area (TPSA) is 106 Å². The van der Waals surface area contributed by atoms with Crippen LogP contribution in [0.1, 0.15) is 10.4 Å². The summed E-state index contributed by atoms with van der Waals surface area (Å²) in [5, 5.41) is 20.8. The number of rotatable bonds is 5. The number of amides is 1. The zero-order chi connectivity index (χ0) is 16.3. The molecule has 0 radical (unpaired) electrons. The number of benzene rings is 1. The second-order valence-corrected chi connectivity index (χ2v) is 5.61. The van der Waals surface area contributed by atoms with Gasteiger partial charge in [0.2, 0.25) is 0 Å². The van der Waals surface area contributed by atoms with Crippen LogP contribution < -0.4 is 5.43 Å². The Labute approximate surface area is 130 Å². The molecule has 0 spiro atoms. The lowest BCUT2D eigenvalue weighted by Gasteiger charge is -2.12. The number of hydrogen-bond donors (Lipinski definition) is 1. The maximum atomic E-state index is 11.9. The van der Waals surface area contributed by atoms with Crippen LogP contribution in [0.2, 0.25) is 0 Å². The molecule has 0 aliphatic rings. The second kappa shape index (κ2) is 6.54. The van der Waals surface area contributed by atoms with Crippen molar-refractivity contribution >= 4 is 23.4 Å². The summed E-state index contributed by atoms with van der Waals surface area (Å²) in [7, 11) is 5.06. The van der Waals surface area contributed by atoms with Crippen molar-refractivity contribution in [2.45, 2.75) is 10.1 Å². The summed E-state index contributed by atoms with van der Waals surface area (Å²) in [6.07, 6.45) is 1.51. The molecule has 9 nitrogen and oxygen atoms in total. The number of aryl methyl sites for hydroxylation is 1. The van der Waals surface area contributed by atoms with Gasteiger partial charge in [-0.25, -0.2) is 5.01 Å². The Morgan fingerprint density at radius 3 is 2.73 bits per heavy atom. The number of nitro groups is 1. The van der Waals surface area contributed by atoms with E-state index in [0.29, 0.717) is 10.1 Å². The average molecular weight is 322 g/mol. The van der Waals surface area contributed by atoms with Crippen LogP contribution in [-0.2, 0) is 7.05 Å². The zero-order valence-electron chi connectivity index (χ0n) is 12.2. The number of carbonyl (C=O) groups is 1. The molecular weight excluding hydrogens is 308 g/mol. The molecule has 0 saturated carbocycles. The molecule has 0 fully saturated rings. The Balaban J connectivity index is 2.34. The third kappa shape index (κ3) is 3.59. The summed E-state index contributed by atoms with van der Waals surface area (Å²) in [4.78, 5) is 23.0. The number of hydrogen-bond acceptors (Lipinski definition) is 7. The molecule has 2 rings (SSSR count). The van der Waals surface area contributed by atoms with Gasteiger partial charge in [0, 0.05) is 32.8 Å². The summed E-state index contributed by atoms with van der Waals surface area (Å²) >= 11 is 1.12. The lowest BCUT2D eigenvalue weighted by molar-refractivity contribution is -0.387. The predicted molar refractivity (Wildman–Crippen MR) is 79.4 cm³/mol. The highest BCUT2D eigenvalue weighted by Gasteiger charge is 2.20. The van der Waals surface area contributed by atoms with E-state index >= 15 is 0 Å². The van der Waals surface area contributed by atoms with Crippen molar-refractivity contribution in [3.8, 4) is 0 Å². The van der Waals surface area contributed by atoms with E-state index < -0.39 is 10.8 Å². The summed E-state index contributed by atoms with van der Waals surface area (Å²) < 4.78 is 1.65. The van der Waals surface area contributed by atoms with Crippen LogP contribution >= 0.6 is 11.8 Å². The van der Waals surface area contributed by atoms with Crippen LogP contribution in [0.4, 0.5) is 5.69 Å². The number of nitrogens with zero attached hydrogens (tertiary/aromatic N) is 5. The van der Waals surface area contributed by atoms with Crippen molar-refractivity contribution in [3.05, 3.63) is 40.2 Å². The normalized spacial score (nSPS) is 10.7. The van der Waals surface area contributed by atoms with Crippen LogP contribution in [0.5, 0.6) is 0 Å². The lowest BCUT2D eigenvalue weighted by atomic mass is 10.2. The van der Waals surface area contributed by atoms with E-state index in [2.05, 4.69) is 15.6 Å². The maximum Gasteiger partial charge on any atom is 0.284 e. The Bertz CT molecular complexity index is 715. The fraction of sp³-hybridized carbons (Fsp3) is 0.250. The first-order chi connectivity index (χ1) is 10.4. The number of nitrogens with one attached hydrogen (secondary N) is 1. The highest BCUT2D eigenvalue weighted by atomic mass is 32.2. The highest BCUT2D eigenvalue weighted by molar-refractivity contribution is 7.99. The van der Waals surface area contributed by atoms with Gasteiger partial charge >= 0.3 is 0 Å². The Morgan fingerprint density at radius 1 is 1.45 bits per heavy atom. The lowest BCUT2D eigenvalue weighted by Crippen LogP contribution is -2.36. The third-order valence-electron chi connectivity index (χ3n) is 2.61. The molecule has 0 aliphatic heterocycles. The van der Waals surface area contributed by atoms with E-state index in [4.69, 9.17) is 0 Å². The van der Waals surface area contributed by atoms with E-state index in [9.17, 15) is 14.9 Å². The summed E-state index contributed by atoms with van der Waals surface area (Å²) in [6.45, 7) is 0. The zero-order valence-corrected chi connectivity index (χ0v) is 13.0. The molecule has 1 aromatic carbocycles. The van der Waals surface area contributed by atoms with Crippen molar-refractivity contribution in [1.82, 2.24) is 25.2 Å². The monoisotopic (exact) mass is 322 g/mol. The van der Waals surface area contributed by atoms with Gasteiger partial charge < -0.3 is 4.57 Å². The van der Waals surface area contributed by atoms with Gasteiger partial charge in [0.05, 0.1) is 9.82 Å². The van der Waals surface area contributed by atoms with Crippen molar-refractivity contribution in [2.24, 2.45) is 7.05 Å². The molecule has 0 unspecified atom stereocenters. The molecule has 1 aromatic heterocycles. The first kappa shape index (κ1) is 15.9. The van der Waals surface area contributed by atoms with Crippen LogP contribution in [0.3, 0.4) is 0 Å². The molecule has 116 valence electrons. The molecule has 0 bridgehead atoms. The van der Waals surface area contributed by atoms with Crippen LogP contribution in [0, 0.1) is 10.1 Å². The fourth-order valence-electron chi connectivity index (χ4n) is 1.62. The van der Waals surface area contributed by atoms with Crippen LogP contribution in [-0.4, -0.2) is 44.7 Å². The molecule has 2 aromatic rings. The standard InChI is InChI=1S/C12H14N6O3S/c1-16(2)15-11(19)8-4-5-10(9(6-8)18(20)21)22-12-14-13-7-17(12)3/h4-7H,1-3H3,(H,15,19). The van der Waals surface area contributed by atoms with Crippen molar-refractivity contribution in [3.63, 3.8) is 0 Å². The molecular formula is C12H14N6O3S. The smallest absolute Gasteiger partial charge is 0.284 e. The largest absolute Gasteiger partial charge is 0.311 e. The molecule has 0 saturated heterocycles. The number of carbonyl (C=O) groups excluding carboxylic acids is 1. The number of aromatic nitrogens is 3. The SMILES string of the molecule is CN(C)NC(=O)c1ccc(Sc2nncn2C)c([N+](=O)[O-])c1. The quantitative estimate of drug-likeness (QED) is 0.648. The predicted octanol–water partition coefficient (Wildman–Crippen LogP) is 1.08. The molecule has 0 aliphatic carbocycles. The summed E-state index contributed by atoms with van der Waals surface area (Å²) in [5.74, 6) is -0.414. The first-order valence-corrected chi connectivity index (χ1v) is 6.98. The van der Waals surface area contributed by atoms with Gasteiger partial charge in [-0.15, -0.1) is 10.2 Å². The van der Waals surface area contributed by atoms with Crippen molar-refractivity contribution in [2.75, 3.05) is 14.1 Å². The van der Waals surface area contributed by atoms with Gasteiger partial charge in [-0.05, 0) is 23.9 Å². The molecule has 22 heavy (non-hydrogen) atoms. The van der Waals surface area contributed by atoms with Gasteiger partial charge in [0.1, 0.15) is 6.33 Å². The minimum absolute atomic E-state index is 0.153. The third-order valence-corrected chi connectivity index (χ3v) is 3.73. The minimum atomic E-state index is -0.523. The summed E-state index contributed by atoms with van der Waals surface area (Å²) in [6, 6.07) is 4.31. The van der Waals surface area contributed by atoms with Gasteiger partial charge in [0.15, 0.2) is 5.16 Å². The fourth-order valence-corrected chi connectivity index (χ4v) is 2.47. The molecule has 0 atom stereocenters. The maximum absolute atomic E-state index is 11.9. The van der Waals surface area contributed by atoms with E-state index in [1.807, 2.05) is 0 Å². The first-order valence-electron chi connectivity index (χ1n) is 6.17. The van der Waals surface area contributed by atoms with Gasteiger partial charge in [0.25, 0.3) is 11.6 Å². The van der Waals surface area contributed by atoms with E-state index in [0.717, 1.165) is 11.8 Å². The Hall–Kier alpha value is -2.46. The van der Waals surface area contributed by atoms with E-state index in [-0.39, 0.29) is 11.3 Å². The molecule has 1 heterocycles. The minimum Gasteiger partial charge on any atom is -0.311 e. The van der Waals surface area contributed by atoms with Gasteiger partial charge in [-0.1, -0.05) is 0 Å². The summed E-state index contributed by atoms with van der Waals surface area (Å²) in [5.41, 5.74) is 2.60. The number of hydrazine groups is 1. The van der Waals surface area contributed by atoms with Crippen molar-refractivity contribution < 1.29 is 9.72 Å². The van der Waals surface area contributed by atoms with Crippen LogP contribution in [0.15, 0.2) is 34.6 Å². The van der Waals surface area contributed by atoms with E-state index in [1.165, 1.54) is 29.5 Å². The van der Waals surface area contributed by atoms with Gasteiger partial charge in [-0.2, -0.15) is 0 Å². The average Bonchev–Trinajstić information content (AvgIpc) is 2.83. The van der Waals surface area contributed by atoms with E-state index in [1.54, 1.807) is 25.7 Å². The van der Waals surface area contributed by atoms with Crippen LogP contribution in [0.25, 0.3) is 0 Å². The molecule has 10 heteroatoms. The van der Waals surface area contributed by atoms with Crippen molar-refractivity contribution in [1.29, 1.82) is 0 Å². The van der Waals surface area contributed by atoms with Gasteiger partial charge in [-0.3, -0.25) is 20.3 Å². The molecule has 1 N–H and O–H groups in total. The Kier molecular flexibility index (Phi) is 4.73. The Morgan fingerprint density at radius 2 is 2.18 bits per heavy atom. The second-order valence-electron chi connectivity index (χ2n) is 4.60.